The Kier molecular flexibility index (Phi) is 4.97. The highest BCUT2D eigenvalue weighted by atomic mass is 19.1. The third kappa shape index (κ3) is 2.67. The SMILES string of the molecule is CC1(C)O[C@@H]2CC3C4CCC5=CC(=O)C=C[C@]5(C)[C@@]4(F)C(OCO)C[C@]3(C)[C@]2(C(=O)CO)O1. The van der Waals surface area contributed by atoms with Crippen molar-refractivity contribution in [1.29, 1.82) is 0 Å². The molecule has 0 aromatic heterocycles. The van der Waals surface area contributed by atoms with Gasteiger partial charge in [-0.3, -0.25) is 9.59 Å². The van der Waals surface area contributed by atoms with Crippen molar-refractivity contribution in [3.63, 3.8) is 0 Å². The van der Waals surface area contributed by atoms with E-state index in [0.29, 0.717) is 19.3 Å². The van der Waals surface area contributed by atoms with Gasteiger partial charge in [0.25, 0.3) is 0 Å². The number of aliphatic hydroxyl groups excluding tert-OH is 2. The summed E-state index contributed by atoms with van der Waals surface area (Å²) < 4.78 is 35.8. The van der Waals surface area contributed by atoms with Crippen LogP contribution in [0.5, 0.6) is 0 Å². The molecule has 182 valence electrons. The first-order valence-corrected chi connectivity index (χ1v) is 11.8. The van der Waals surface area contributed by atoms with Crippen LogP contribution < -0.4 is 0 Å². The van der Waals surface area contributed by atoms with E-state index in [2.05, 4.69) is 0 Å². The minimum atomic E-state index is -1.90. The van der Waals surface area contributed by atoms with Gasteiger partial charge in [-0.2, -0.15) is 0 Å². The Bertz CT molecular complexity index is 958. The maximum Gasteiger partial charge on any atom is 0.193 e. The van der Waals surface area contributed by atoms with Gasteiger partial charge in [-0.25, -0.2) is 4.39 Å². The molecule has 4 fully saturated rings. The number of carbonyl (C=O) groups excluding carboxylic acids is 2. The summed E-state index contributed by atoms with van der Waals surface area (Å²) in [6.45, 7) is 5.81. The molecule has 33 heavy (non-hydrogen) atoms. The van der Waals surface area contributed by atoms with Crippen molar-refractivity contribution in [1.82, 2.24) is 0 Å². The van der Waals surface area contributed by atoms with Crippen LogP contribution in [0.2, 0.25) is 0 Å². The van der Waals surface area contributed by atoms with Gasteiger partial charge in [0.1, 0.15) is 13.4 Å². The predicted octanol–water partition coefficient (Wildman–Crippen LogP) is 2.39. The molecule has 8 heteroatoms. The summed E-state index contributed by atoms with van der Waals surface area (Å²) in [5.41, 5.74) is -4.55. The van der Waals surface area contributed by atoms with Gasteiger partial charge in [-0.15, -0.1) is 0 Å². The Hall–Kier alpha value is -1.45. The van der Waals surface area contributed by atoms with E-state index in [1.807, 2.05) is 6.92 Å². The van der Waals surface area contributed by atoms with Gasteiger partial charge in [0.05, 0.1) is 12.2 Å². The van der Waals surface area contributed by atoms with Crippen LogP contribution in [0.4, 0.5) is 4.39 Å². The van der Waals surface area contributed by atoms with E-state index in [9.17, 15) is 19.8 Å². The number of halogens is 1. The molecule has 0 radical (unpaired) electrons. The molecule has 7 nitrogen and oxygen atoms in total. The highest BCUT2D eigenvalue weighted by Gasteiger charge is 2.80. The fourth-order valence-corrected chi connectivity index (χ4v) is 8.16. The summed E-state index contributed by atoms with van der Waals surface area (Å²) in [5.74, 6) is -2.44. The summed E-state index contributed by atoms with van der Waals surface area (Å²) >= 11 is 0. The average Bonchev–Trinajstić information content (AvgIpc) is 3.15. The van der Waals surface area contributed by atoms with Crippen LogP contribution in [0.3, 0.4) is 0 Å². The Morgan fingerprint density at radius 1 is 1.24 bits per heavy atom. The highest BCUT2D eigenvalue weighted by Crippen LogP contribution is 2.72. The van der Waals surface area contributed by atoms with E-state index < -0.39 is 65.2 Å². The second-order valence-corrected chi connectivity index (χ2v) is 11.2. The van der Waals surface area contributed by atoms with Crippen LogP contribution in [-0.2, 0) is 23.8 Å². The lowest BCUT2D eigenvalue weighted by molar-refractivity contribution is -0.261. The van der Waals surface area contributed by atoms with Crippen LogP contribution in [0.25, 0.3) is 0 Å². The molecule has 5 aliphatic rings. The fourth-order valence-electron chi connectivity index (χ4n) is 8.16. The zero-order valence-electron chi connectivity index (χ0n) is 19.6. The van der Waals surface area contributed by atoms with Crippen molar-refractivity contribution in [2.45, 2.75) is 82.6 Å². The van der Waals surface area contributed by atoms with E-state index in [4.69, 9.17) is 14.2 Å². The monoisotopic (exact) mass is 464 g/mol. The first-order valence-electron chi connectivity index (χ1n) is 11.8. The lowest BCUT2D eigenvalue weighted by Crippen LogP contribution is -2.70. The molecule has 1 aliphatic heterocycles. The van der Waals surface area contributed by atoms with Gasteiger partial charge in [0.2, 0.25) is 0 Å². The molecular formula is C25H33FO7. The van der Waals surface area contributed by atoms with E-state index >= 15 is 4.39 Å². The van der Waals surface area contributed by atoms with Crippen LogP contribution in [0.1, 0.15) is 53.4 Å². The normalized spacial score (nSPS) is 49.7. The summed E-state index contributed by atoms with van der Waals surface area (Å²) in [5, 5.41) is 19.6. The Labute approximate surface area is 193 Å². The summed E-state index contributed by atoms with van der Waals surface area (Å²) in [7, 11) is 0. The molecule has 4 aliphatic carbocycles. The topological polar surface area (TPSA) is 102 Å². The third-order valence-corrected chi connectivity index (χ3v) is 9.44. The van der Waals surface area contributed by atoms with E-state index in [0.717, 1.165) is 5.57 Å². The van der Waals surface area contributed by atoms with E-state index in [-0.39, 0.29) is 18.1 Å². The minimum absolute atomic E-state index is 0.109. The lowest BCUT2D eigenvalue weighted by Gasteiger charge is -2.63. The smallest absolute Gasteiger partial charge is 0.193 e. The number of ether oxygens (including phenoxy) is 3. The summed E-state index contributed by atoms with van der Waals surface area (Å²) in [6.07, 6.45) is 4.48. The van der Waals surface area contributed by atoms with Crippen molar-refractivity contribution >= 4 is 11.6 Å². The quantitative estimate of drug-likeness (QED) is 0.616. The van der Waals surface area contributed by atoms with Crippen LogP contribution in [-0.4, -0.2) is 64.4 Å². The standard InChI is InChI=1S/C25H33FO7/c1-21(2)32-19-10-17-16-6-5-14-9-15(29)7-8-22(14,3)24(16,26)20(31-13-28)11-23(17,4)25(19,33-21)18(30)12-27/h7-9,16-17,19-20,27-28H,5-6,10-13H2,1-4H3/t16?,17?,19-,20?,22+,23+,24+,25-/m1/s1. The number of carbonyl (C=O) groups is 2. The van der Waals surface area contributed by atoms with Crippen molar-refractivity contribution < 1.29 is 38.4 Å². The molecule has 3 unspecified atom stereocenters. The number of fused-ring (bicyclic) bond motifs is 7. The van der Waals surface area contributed by atoms with Crippen LogP contribution in [0, 0.1) is 22.7 Å². The second kappa shape index (κ2) is 7.04. The van der Waals surface area contributed by atoms with Gasteiger partial charge < -0.3 is 24.4 Å². The number of hydrogen-bond acceptors (Lipinski definition) is 7. The van der Waals surface area contributed by atoms with Gasteiger partial charge in [0.15, 0.2) is 28.6 Å². The van der Waals surface area contributed by atoms with Crippen molar-refractivity contribution in [3.8, 4) is 0 Å². The largest absolute Gasteiger partial charge is 0.388 e. The van der Waals surface area contributed by atoms with Crippen LogP contribution >= 0.6 is 0 Å². The molecule has 3 saturated carbocycles. The Morgan fingerprint density at radius 2 is 1.97 bits per heavy atom. The molecule has 8 atom stereocenters. The Balaban J connectivity index is 1.67. The maximum absolute atomic E-state index is 17.6. The average molecular weight is 465 g/mol. The van der Waals surface area contributed by atoms with Crippen molar-refractivity contribution in [2.24, 2.45) is 22.7 Å². The number of ketones is 2. The van der Waals surface area contributed by atoms with Gasteiger partial charge in [0, 0.05) is 16.7 Å². The van der Waals surface area contributed by atoms with Gasteiger partial charge in [-0.1, -0.05) is 18.6 Å². The van der Waals surface area contributed by atoms with Crippen molar-refractivity contribution in [2.75, 3.05) is 13.4 Å². The lowest BCUT2D eigenvalue weighted by atomic mass is 9.44. The van der Waals surface area contributed by atoms with Crippen LogP contribution in [0.15, 0.2) is 23.8 Å². The molecule has 0 spiro atoms. The molecule has 0 amide bonds. The summed E-state index contributed by atoms with van der Waals surface area (Å²) in [6, 6.07) is 0. The second-order valence-electron chi connectivity index (χ2n) is 11.2. The number of Topliss-reactive ketones (excluding diaryl/α,β-unsaturated/α-hetero) is 1. The highest BCUT2D eigenvalue weighted by molar-refractivity contribution is 6.01. The molecule has 2 N–H and O–H groups in total. The summed E-state index contributed by atoms with van der Waals surface area (Å²) in [4.78, 5) is 25.4. The predicted molar refractivity (Wildman–Crippen MR) is 115 cm³/mol. The number of allylic oxidation sites excluding steroid dienone is 4. The van der Waals surface area contributed by atoms with Gasteiger partial charge in [-0.05, 0) is 64.5 Å². The number of alkyl halides is 1. The van der Waals surface area contributed by atoms with E-state index in [1.54, 1.807) is 26.8 Å². The number of hydrogen-bond donors (Lipinski definition) is 2. The third-order valence-electron chi connectivity index (χ3n) is 9.44. The molecule has 5 rings (SSSR count). The molecule has 0 bridgehead atoms. The molecule has 0 aromatic rings. The number of rotatable bonds is 4. The first-order chi connectivity index (χ1) is 15.4. The first kappa shape index (κ1) is 23.3. The van der Waals surface area contributed by atoms with Gasteiger partial charge >= 0.3 is 0 Å². The molecule has 1 saturated heterocycles. The number of aliphatic hydroxyl groups is 2. The van der Waals surface area contributed by atoms with Crippen molar-refractivity contribution in [3.05, 3.63) is 23.8 Å². The maximum atomic E-state index is 17.6. The Morgan fingerprint density at radius 3 is 2.64 bits per heavy atom. The zero-order valence-corrected chi connectivity index (χ0v) is 19.6. The molecule has 0 aromatic carbocycles. The zero-order chi connectivity index (χ0) is 24.0. The molecular weight excluding hydrogens is 431 g/mol. The molecule has 1 heterocycles. The fraction of sp³-hybridized carbons (Fsp3) is 0.760. The van der Waals surface area contributed by atoms with E-state index in [1.165, 1.54) is 12.2 Å². The minimum Gasteiger partial charge on any atom is -0.388 e.